The summed E-state index contributed by atoms with van der Waals surface area (Å²) in [4.78, 5) is 14.7. The number of hydrogen-bond donors (Lipinski definition) is 0. The highest BCUT2D eigenvalue weighted by molar-refractivity contribution is 5.87. The molecule has 1 aliphatic rings. The number of carbonyl (C=O) groups excluding carboxylic acids is 1. The van der Waals surface area contributed by atoms with E-state index in [1.165, 1.54) is 12.8 Å². The molecule has 1 unspecified atom stereocenters. The average Bonchev–Trinajstić information content (AvgIpc) is 3.10. The number of nitrogens with zero attached hydrogens (tertiary/aromatic N) is 1. The summed E-state index contributed by atoms with van der Waals surface area (Å²) in [6, 6.07) is 0. The van der Waals surface area contributed by atoms with Crippen LogP contribution in [0, 0.1) is 5.92 Å². The van der Waals surface area contributed by atoms with Crippen molar-refractivity contribution in [2.24, 2.45) is 5.92 Å². The Morgan fingerprint density at radius 1 is 1.25 bits per heavy atom. The molecule has 0 amide bonds. The predicted octanol–water partition coefficient (Wildman–Crippen LogP) is 3.26. The first-order valence-corrected chi connectivity index (χ1v) is 6.86. The van der Waals surface area contributed by atoms with Gasteiger partial charge in [0, 0.05) is 6.42 Å². The van der Waals surface area contributed by atoms with Crippen LogP contribution in [0.4, 0.5) is 0 Å². The van der Waals surface area contributed by atoms with Gasteiger partial charge in [-0.05, 0) is 38.8 Å². The maximum atomic E-state index is 12.3. The molecule has 1 saturated carbocycles. The van der Waals surface area contributed by atoms with E-state index in [0.717, 1.165) is 38.3 Å². The number of ketones is 1. The van der Waals surface area contributed by atoms with Crippen LogP contribution in [0.15, 0.2) is 0 Å². The van der Waals surface area contributed by atoms with E-state index >= 15 is 0 Å². The average molecular weight is 225 g/mol. The fourth-order valence-electron chi connectivity index (χ4n) is 2.53. The summed E-state index contributed by atoms with van der Waals surface area (Å²) in [5, 5.41) is 0. The van der Waals surface area contributed by atoms with Gasteiger partial charge in [0.1, 0.15) is 0 Å². The Bertz CT molecular complexity index is 231. The smallest absolute Gasteiger partial charge is 0.152 e. The minimum Gasteiger partial charge on any atom is -0.298 e. The number of hydrogen-bond acceptors (Lipinski definition) is 2. The Morgan fingerprint density at radius 2 is 1.81 bits per heavy atom. The first-order chi connectivity index (χ1) is 7.58. The topological polar surface area (TPSA) is 20.3 Å². The van der Waals surface area contributed by atoms with E-state index in [1.807, 2.05) is 0 Å². The molecule has 0 heterocycles. The molecule has 0 N–H and O–H groups in total. The highest BCUT2D eigenvalue weighted by atomic mass is 16.1. The van der Waals surface area contributed by atoms with Crippen LogP contribution in [0.25, 0.3) is 0 Å². The molecule has 0 aliphatic heterocycles. The minimum absolute atomic E-state index is 0.224. The van der Waals surface area contributed by atoms with E-state index in [9.17, 15) is 4.79 Å². The van der Waals surface area contributed by atoms with Crippen molar-refractivity contribution in [3.05, 3.63) is 0 Å². The van der Waals surface area contributed by atoms with Crippen LogP contribution in [0.5, 0.6) is 0 Å². The summed E-state index contributed by atoms with van der Waals surface area (Å²) in [5.41, 5.74) is -0.224. The minimum atomic E-state index is -0.224. The molecule has 0 radical (unpaired) electrons. The molecule has 1 fully saturated rings. The number of likely N-dealkylation sites (N-methyl/N-ethyl adjacent to an activating group) is 1. The van der Waals surface area contributed by atoms with Crippen molar-refractivity contribution in [1.82, 2.24) is 4.90 Å². The SMILES string of the molecule is CCN(CC)C(C)(CC)C(=O)CCC1CC1. The summed E-state index contributed by atoms with van der Waals surface area (Å²) < 4.78 is 0. The fourth-order valence-corrected chi connectivity index (χ4v) is 2.53. The molecule has 0 saturated heterocycles. The highest BCUT2D eigenvalue weighted by Crippen LogP contribution is 2.35. The van der Waals surface area contributed by atoms with Crippen molar-refractivity contribution in [2.45, 2.75) is 65.3 Å². The van der Waals surface area contributed by atoms with Crippen molar-refractivity contribution in [2.75, 3.05) is 13.1 Å². The Hall–Kier alpha value is -0.370. The Labute approximate surface area is 100 Å². The molecule has 0 aromatic rings. The molecule has 0 aromatic carbocycles. The Kier molecular flexibility index (Phi) is 4.97. The normalized spacial score (nSPS) is 19.8. The highest BCUT2D eigenvalue weighted by Gasteiger charge is 2.36. The third kappa shape index (κ3) is 3.07. The lowest BCUT2D eigenvalue weighted by Crippen LogP contribution is -2.51. The molecule has 2 nitrogen and oxygen atoms in total. The standard InChI is InChI=1S/C14H27NO/c1-5-14(4,15(6-2)7-3)13(16)11-10-12-8-9-12/h12H,5-11H2,1-4H3. The molecule has 2 heteroatoms. The van der Waals surface area contributed by atoms with E-state index in [1.54, 1.807) is 0 Å². The van der Waals surface area contributed by atoms with Gasteiger partial charge in [0.2, 0.25) is 0 Å². The zero-order chi connectivity index (χ0) is 12.2. The molecular formula is C14H27NO. The van der Waals surface area contributed by atoms with Crippen LogP contribution < -0.4 is 0 Å². The summed E-state index contributed by atoms with van der Waals surface area (Å²) in [5.74, 6) is 1.31. The number of carbonyl (C=O) groups is 1. The van der Waals surface area contributed by atoms with Crippen LogP contribution in [0.2, 0.25) is 0 Å². The van der Waals surface area contributed by atoms with E-state index in [4.69, 9.17) is 0 Å². The molecule has 94 valence electrons. The maximum Gasteiger partial charge on any atom is 0.152 e. The van der Waals surface area contributed by atoms with Gasteiger partial charge in [-0.3, -0.25) is 9.69 Å². The van der Waals surface area contributed by atoms with Crippen molar-refractivity contribution in [1.29, 1.82) is 0 Å². The lowest BCUT2D eigenvalue weighted by molar-refractivity contribution is -0.130. The zero-order valence-corrected chi connectivity index (χ0v) is 11.4. The maximum absolute atomic E-state index is 12.3. The van der Waals surface area contributed by atoms with Gasteiger partial charge in [0.05, 0.1) is 5.54 Å². The van der Waals surface area contributed by atoms with Crippen LogP contribution in [-0.2, 0) is 4.79 Å². The van der Waals surface area contributed by atoms with Crippen molar-refractivity contribution in [3.63, 3.8) is 0 Å². The van der Waals surface area contributed by atoms with Crippen LogP contribution in [0.1, 0.15) is 59.8 Å². The summed E-state index contributed by atoms with van der Waals surface area (Å²) in [7, 11) is 0. The van der Waals surface area contributed by atoms with Gasteiger partial charge in [-0.2, -0.15) is 0 Å². The first kappa shape index (κ1) is 13.7. The largest absolute Gasteiger partial charge is 0.298 e. The third-order valence-electron chi connectivity index (χ3n) is 4.23. The second-order valence-electron chi connectivity index (χ2n) is 5.20. The van der Waals surface area contributed by atoms with Crippen molar-refractivity contribution in [3.8, 4) is 0 Å². The van der Waals surface area contributed by atoms with Crippen LogP contribution in [-0.4, -0.2) is 29.3 Å². The monoisotopic (exact) mass is 225 g/mol. The third-order valence-corrected chi connectivity index (χ3v) is 4.23. The van der Waals surface area contributed by atoms with Gasteiger partial charge >= 0.3 is 0 Å². The quantitative estimate of drug-likeness (QED) is 0.632. The second kappa shape index (κ2) is 5.81. The van der Waals surface area contributed by atoms with Crippen LogP contribution in [0.3, 0.4) is 0 Å². The van der Waals surface area contributed by atoms with Gasteiger partial charge in [-0.1, -0.05) is 33.6 Å². The molecule has 16 heavy (non-hydrogen) atoms. The lowest BCUT2D eigenvalue weighted by Gasteiger charge is -2.38. The molecule has 1 rings (SSSR count). The predicted molar refractivity (Wildman–Crippen MR) is 68.6 cm³/mol. The number of rotatable bonds is 8. The van der Waals surface area contributed by atoms with E-state index in [0.29, 0.717) is 5.78 Å². The Balaban J connectivity index is 2.56. The summed E-state index contributed by atoms with van der Waals surface area (Å²) in [6.45, 7) is 10.5. The molecule has 0 spiro atoms. The molecule has 0 aromatic heterocycles. The molecular weight excluding hydrogens is 198 g/mol. The van der Waals surface area contributed by atoms with Gasteiger partial charge in [0.15, 0.2) is 5.78 Å². The molecule has 1 atom stereocenters. The first-order valence-electron chi connectivity index (χ1n) is 6.86. The fraction of sp³-hybridized carbons (Fsp3) is 0.929. The zero-order valence-electron chi connectivity index (χ0n) is 11.4. The molecule has 1 aliphatic carbocycles. The molecule has 0 bridgehead atoms. The second-order valence-corrected chi connectivity index (χ2v) is 5.20. The van der Waals surface area contributed by atoms with E-state index in [-0.39, 0.29) is 5.54 Å². The summed E-state index contributed by atoms with van der Waals surface area (Å²) >= 11 is 0. The van der Waals surface area contributed by atoms with E-state index < -0.39 is 0 Å². The van der Waals surface area contributed by atoms with Gasteiger partial charge < -0.3 is 0 Å². The Morgan fingerprint density at radius 3 is 2.19 bits per heavy atom. The van der Waals surface area contributed by atoms with Crippen molar-refractivity contribution >= 4 is 5.78 Å². The lowest BCUT2D eigenvalue weighted by atomic mass is 9.87. The van der Waals surface area contributed by atoms with Gasteiger partial charge in [-0.15, -0.1) is 0 Å². The van der Waals surface area contributed by atoms with Crippen molar-refractivity contribution < 1.29 is 4.79 Å². The summed E-state index contributed by atoms with van der Waals surface area (Å²) in [6.07, 6.45) is 5.53. The van der Waals surface area contributed by atoms with Gasteiger partial charge in [-0.25, -0.2) is 0 Å². The van der Waals surface area contributed by atoms with Crippen LogP contribution >= 0.6 is 0 Å². The van der Waals surface area contributed by atoms with Gasteiger partial charge in [0.25, 0.3) is 0 Å². The van der Waals surface area contributed by atoms with E-state index in [2.05, 4.69) is 32.6 Å². The number of Topliss-reactive ketones (excluding diaryl/α,β-unsaturated/α-hetero) is 1.